The molecule has 2 aliphatic rings. The molecule has 1 N–H and O–H groups in total. The highest BCUT2D eigenvalue weighted by molar-refractivity contribution is 7.99. The third kappa shape index (κ3) is 5.72. The number of anilines is 2. The number of thioether (sulfide) groups is 1. The van der Waals surface area contributed by atoms with E-state index in [1.807, 2.05) is 29.2 Å². The first-order valence-corrected chi connectivity index (χ1v) is 11.5. The van der Waals surface area contributed by atoms with E-state index in [-0.39, 0.29) is 17.7 Å². The van der Waals surface area contributed by atoms with Crippen LogP contribution < -0.4 is 10.2 Å². The van der Waals surface area contributed by atoms with Gasteiger partial charge in [-0.15, -0.1) is 22.0 Å². The third-order valence-electron chi connectivity index (χ3n) is 5.38. The minimum absolute atomic E-state index is 0.0350. The van der Waals surface area contributed by atoms with Gasteiger partial charge in [0.05, 0.1) is 0 Å². The van der Waals surface area contributed by atoms with Gasteiger partial charge in [0.25, 0.3) is 0 Å². The van der Waals surface area contributed by atoms with E-state index in [0.29, 0.717) is 12.2 Å². The number of nitrogens with one attached hydrogen (secondary N) is 1. The third-order valence-corrected chi connectivity index (χ3v) is 6.38. The van der Waals surface area contributed by atoms with Crippen LogP contribution in [0.2, 0.25) is 0 Å². The van der Waals surface area contributed by atoms with Gasteiger partial charge in [-0.25, -0.2) is 0 Å². The molecule has 30 heavy (non-hydrogen) atoms. The predicted octanol–water partition coefficient (Wildman–Crippen LogP) is 3.05. The number of rotatable bonds is 8. The van der Waals surface area contributed by atoms with Crippen molar-refractivity contribution in [2.24, 2.45) is 5.92 Å². The van der Waals surface area contributed by atoms with Crippen LogP contribution in [0.3, 0.4) is 0 Å². The minimum Gasteiger partial charge on any atom is -0.368 e. The van der Waals surface area contributed by atoms with Gasteiger partial charge in [-0.2, -0.15) is 0 Å². The number of nitrogens with zero attached hydrogens (tertiary/aromatic N) is 4. The number of carbonyl (C=O) groups is 2. The Hall–Kier alpha value is -2.61. The summed E-state index contributed by atoms with van der Waals surface area (Å²) in [6.07, 6.45) is 3.30. The Kier molecular flexibility index (Phi) is 6.84. The lowest BCUT2D eigenvalue weighted by Gasteiger charge is -2.36. The number of piperazine rings is 1. The van der Waals surface area contributed by atoms with Crippen molar-refractivity contribution in [3.63, 3.8) is 0 Å². The fourth-order valence-corrected chi connectivity index (χ4v) is 4.21. The number of para-hydroxylation sites is 1. The molecular formula is C22H27N5O2S. The van der Waals surface area contributed by atoms with Crippen molar-refractivity contribution in [2.75, 3.05) is 42.1 Å². The predicted molar refractivity (Wildman–Crippen MR) is 119 cm³/mol. The first-order valence-electron chi connectivity index (χ1n) is 10.5. The molecule has 7 nitrogen and oxygen atoms in total. The standard InChI is InChI=1S/C22H27N5O2S/c28-21(27-14-12-26(13-15-27)18-5-2-1-3-6-18)7-4-16-30-20-11-10-19(24-25-20)23-22(29)17-8-9-17/h1-3,5-6,10-11,17H,4,7-9,12-16H2,(H,23,24,29). The van der Waals surface area contributed by atoms with Gasteiger partial charge >= 0.3 is 0 Å². The Balaban J connectivity index is 1.13. The second-order valence-electron chi connectivity index (χ2n) is 7.68. The normalized spacial score (nSPS) is 16.4. The van der Waals surface area contributed by atoms with Crippen LogP contribution in [-0.4, -0.2) is 58.8 Å². The Labute approximate surface area is 181 Å². The van der Waals surface area contributed by atoms with Crippen molar-refractivity contribution in [2.45, 2.75) is 30.7 Å². The molecule has 0 spiro atoms. The molecule has 1 saturated heterocycles. The Morgan fingerprint density at radius 2 is 1.77 bits per heavy atom. The fraction of sp³-hybridized carbons (Fsp3) is 0.455. The van der Waals surface area contributed by atoms with Gasteiger partial charge in [-0.05, 0) is 43.5 Å². The highest BCUT2D eigenvalue weighted by atomic mass is 32.2. The first-order chi connectivity index (χ1) is 14.7. The van der Waals surface area contributed by atoms with Crippen molar-refractivity contribution in [3.05, 3.63) is 42.5 Å². The Morgan fingerprint density at radius 3 is 2.43 bits per heavy atom. The molecule has 1 aliphatic heterocycles. The van der Waals surface area contributed by atoms with Crippen molar-refractivity contribution in [1.82, 2.24) is 15.1 Å². The Bertz CT molecular complexity index is 850. The monoisotopic (exact) mass is 425 g/mol. The summed E-state index contributed by atoms with van der Waals surface area (Å²) in [6, 6.07) is 14.0. The average Bonchev–Trinajstić information content (AvgIpc) is 3.64. The summed E-state index contributed by atoms with van der Waals surface area (Å²) < 4.78 is 0. The molecule has 1 aliphatic carbocycles. The summed E-state index contributed by atoms with van der Waals surface area (Å²) in [4.78, 5) is 28.5. The van der Waals surface area contributed by atoms with Crippen LogP contribution in [0.4, 0.5) is 11.5 Å². The quantitative estimate of drug-likeness (QED) is 0.517. The molecule has 1 saturated carbocycles. The molecule has 2 fully saturated rings. The van der Waals surface area contributed by atoms with Crippen molar-refractivity contribution >= 4 is 35.1 Å². The summed E-state index contributed by atoms with van der Waals surface area (Å²) in [5.41, 5.74) is 1.22. The molecule has 4 rings (SSSR count). The molecule has 0 atom stereocenters. The number of aromatic nitrogens is 2. The van der Waals surface area contributed by atoms with Crippen LogP contribution >= 0.6 is 11.8 Å². The lowest BCUT2D eigenvalue weighted by molar-refractivity contribution is -0.131. The van der Waals surface area contributed by atoms with E-state index < -0.39 is 0 Å². The van der Waals surface area contributed by atoms with Gasteiger partial charge in [-0.1, -0.05) is 18.2 Å². The maximum Gasteiger partial charge on any atom is 0.228 e. The van der Waals surface area contributed by atoms with Crippen molar-refractivity contribution in [1.29, 1.82) is 0 Å². The van der Waals surface area contributed by atoms with Gasteiger partial charge in [0.1, 0.15) is 5.03 Å². The lowest BCUT2D eigenvalue weighted by Crippen LogP contribution is -2.48. The van der Waals surface area contributed by atoms with E-state index in [2.05, 4.69) is 32.5 Å². The number of benzene rings is 1. The first kappa shape index (κ1) is 20.7. The maximum absolute atomic E-state index is 12.5. The molecule has 1 aromatic heterocycles. The molecule has 0 radical (unpaired) electrons. The van der Waals surface area contributed by atoms with Crippen LogP contribution in [0.15, 0.2) is 47.5 Å². The van der Waals surface area contributed by atoms with Crippen molar-refractivity contribution in [3.8, 4) is 0 Å². The van der Waals surface area contributed by atoms with Crippen LogP contribution in [0, 0.1) is 5.92 Å². The Morgan fingerprint density at radius 1 is 1.00 bits per heavy atom. The second-order valence-corrected chi connectivity index (χ2v) is 8.79. The van der Waals surface area contributed by atoms with Gasteiger partial charge < -0.3 is 15.1 Å². The molecule has 2 amide bonds. The van der Waals surface area contributed by atoms with Crippen LogP contribution in [0.1, 0.15) is 25.7 Å². The number of carbonyl (C=O) groups excluding carboxylic acids is 2. The number of hydrogen-bond donors (Lipinski definition) is 1. The van der Waals surface area contributed by atoms with E-state index in [0.717, 1.165) is 56.2 Å². The maximum atomic E-state index is 12.5. The van der Waals surface area contributed by atoms with Gasteiger partial charge in [0, 0.05) is 50.0 Å². The number of amides is 2. The van der Waals surface area contributed by atoms with Gasteiger partial charge in [-0.3, -0.25) is 9.59 Å². The van der Waals surface area contributed by atoms with Gasteiger partial charge in [0.2, 0.25) is 11.8 Å². The van der Waals surface area contributed by atoms with E-state index in [4.69, 9.17) is 0 Å². The molecule has 2 aromatic rings. The largest absolute Gasteiger partial charge is 0.368 e. The lowest BCUT2D eigenvalue weighted by atomic mass is 10.2. The summed E-state index contributed by atoms with van der Waals surface area (Å²) in [6.45, 7) is 3.31. The molecule has 1 aromatic carbocycles. The van der Waals surface area contributed by atoms with Crippen LogP contribution in [0.25, 0.3) is 0 Å². The van der Waals surface area contributed by atoms with E-state index in [1.54, 1.807) is 17.8 Å². The summed E-state index contributed by atoms with van der Waals surface area (Å²) >= 11 is 1.59. The zero-order valence-electron chi connectivity index (χ0n) is 17.0. The molecule has 2 heterocycles. The minimum atomic E-state index is 0.0350. The second kappa shape index (κ2) is 9.93. The topological polar surface area (TPSA) is 78.4 Å². The van der Waals surface area contributed by atoms with Crippen LogP contribution in [0.5, 0.6) is 0 Å². The highest BCUT2D eigenvalue weighted by Gasteiger charge is 2.29. The SMILES string of the molecule is O=C(Nc1ccc(SCCCC(=O)N2CCN(c3ccccc3)CC2)nn1)C1CC1. The van der Waals surface area contributed by atoms with Gasteiger partial charge in [0.15, 0.2) is 5.82 Å². The van der Waals surface area contributed by atoms with Crippen molar-refractivity contribution < 1.29 is 9.59 Å². The molecule has 0 bridgehead atoms. The molecule has 8 heteroatoms. The smallest absolute Gasteiger partial charge is 0.228 e. The summed E-state index contributed by atoms with van der Waals surface area (Å²) in [5, 5.41) is 11.8. The number of hydrogen-bond acceptors (Lipinski definition) is 6. The van der Waals surface area contributed by atoms with Crippen LogP contribution in [-0.2, 0) is 9.59 Å². The highest BCUT2D eigenvalue weighted by Crippen LogP contribution is 2.30. The summed E-state index contributed by atoms with van der Waals surface area (Å²) in [5.74, 6) is 1.74. The van der Waals surface area contributed by atoms with E-state index in [9.17, 15) is 9.59 Å². The average molecular weight is 426 g/mol. The summed E-state index contributed by atoms with van der Waals surface area (Å²) in [7, 11) is 0. The van der Waals surface area contributed by atoms with E-state index >= 15 is 0 Å². The molecule has 0 unspecified atom stereocenters. The zero-order chi connectivity index (χ0) is 20.8. The molecular weight excluding hydrogens is 398 g/mol. The zero-order valence-corrected chi connectivity index (χ0v) is 17.8. The fourth-order valence-electron chi connectivity index (χ4n) is 3.45. The van der Waals surface area contributed by atoms with E-state index in [1.165, 1.54) is 5.69 Å². The molecule has 158 valence electrons.